The molecule has 0 spiro atoms. The molecule has 1 aromatic rings. The van der Waals surface area contributed by atoms with Gasteiger partial charge in [0.25, 0.3) is 0 Å². The summed E-state index contributed by atoms with van der Waals surface area (Å²) in [7, 11) is 1.61. The largest absolute Gasteiger partial charge is 0.379 e. The summed E-state index contributed by atoms with van der Waals surface area (Å²) in [6.45, 7) is 5.65. The predicted octanol–water partition coefficient (Wildman–Crippen LogP) is 0.841. The maximum Gasteiger partial charge on any atom is 0.226 e. The number of hydrogen-bond donors (Lipinski definition) is 1. The molecule has 0 aliphatic carbocycles. The highest BCUT2D eigenvalue weighted by Crippen LogP contribution is 2.20. The molecule has 1 heterocycles. The van der Waals surface area contributed by atoms with Gasteiger partial charge in [-0.25, -0.2) is 0 Å². The van der Waals surface area contributed by atoms with Gasteiger partial charge in [0.05, 0.1) is 6.10 Å². The number of aromatic nitrogens is 2. The fourth-order valence-electron chi connectivity index (χ4n) is 1.04. The van der Waals surface area contributed by atoms with E-state index in [0.29, 0.717) is 18.1 Å². The number of rotatable bonds is 4. The molecule has 1 aromatic heterocycles. The van der Waals surface area contributed by atoms with E-state index in [9.17, 15) is 0 Å². The normalized spacial score (nSPS) is 17.8. The summed E-state index contributed by atoms with van der Waals surface area (Å²) in [5, 5.41) is 3.84. The SMILES string of the molecule is CCc1nc(C(C)(N)C(C)OC)no1. The van der Waals surface area contributed by atoms with Gasteiger partial charge >= 0.3 is 0 Å². The summed E-state index contributed by atoms with van der Waals surface area (Å²) in [4.78, 5) is 4.19. The van der Waals surface area contributed by atoms with Gasteiger partial charge in [-0.2, -0.15) is 4.98 Å². The molecule has 0 saturated carbocycles. The van der Waals surface area contributed by atoms with Gasteiger partial charge in [0.1, 0.15) is 5.54 Å². The Kier molecular flexibility index (Phi) is 3.23. The van der Waals surface area contributed by atoms with Crippen molar-refractivity contribution in [3.63, 3.8) is 0 Å². The van der Waals surface area contributed by atoms with Gasteiger partial charge in [0, 0.05) is 13.5 Å². The number of nitrogens with zero attached hydrogens (tertiary/aromatic N) is 2. The lowest BCUT2D eigenvalue weighted by molar-refractivity contribution is 0.0505. The number of methoxy groups -OCH3 is 1. The molecule has 5 nitrogen and oxygen atoms in total. The van der Waals surface area contributed by atoms with Gasteiger partial charge < -0.3 is 15.0 Å². The quantitative estimate of drug-likeness (QED) is 0.777. The number of ether oxygens (including phenoxy) is 1. The van der Waals surface area contributed by atoms with Crippen LogP contribution in [0.15, 0.2) is 4.52 Å². The van der Waals surface area contributed by atoms with Gasteiger partial charge in [-0.05, 0) is 13.8 Å². The van der Waals surface area contributed by atoms with Crippen LogP contribution in [0.1, 0.15) is 32.5 Å². The first-order valence-electron chi connectivity index (χ1n) is 4.67. The van der Waals surface area contributed by atoms with E-state index in [-0.39, 0.29) is 6.10 Å². The third kappa shape index (κ3) is 1.93. The minimum atomic E-state index is -0.717. The second-order valence-electron chi connectivity index (χ2n) is 3.53. The molecule has 14 heavy (non-hydrogen) atoms. The third-order valence-corrected chi connectivity index (χ3v) is 2.45. The van der Waals surface area contributed by atoms with Gasteiger partial charge in [0.15, 0.2) is 5.82 Å². The van der Waals surface area contributed by atoms with Gasteiger partial charge in [-0.3, -0.25) is 0 Å². The van der Waals surface area contributed by atoms with E-state index in [1.165, 1.54) is 0 Å². The number of nitrogens with two attached hydrogens (primary N) is 1. The predicted molar refractivity (Wildman–Crippen MR) is 51.7 cm³/mol. The minimum Gasteiger partial charge on any atom is -0.379 e. The van der Waals surface area contributed by atoms with Crippen LogP contribution in [0.2, 0.25) is 0 Å². The Labute approximate surface area is 83.6 Å². The molecule has 2 N–H and O–H groups in total. The van der Waals surface area contributed by atoms with Crippen LogP contribution in [-0.4, -0.2) is 23.4 Å². The highest BCUT2D eigenvalue weighted by atomic mass is 16.5. The molecule has 0 amide bonds. The average Bonchev–Trinajstić information content (AvgIpc) is 2.65. The van der Waals surface area contributed by atoms with Crippen LogP contribution in [-0.2, 0) is 16.7 Å². The molecule has 2 atom stereocenters. The monoisotopic (exact) mass is 199 g/mol. The minimum absolute atomic E-state index is 0.162. The molecule has 0 saturated heterocycles. The van der Waals surface area contributed by atoms with Gasteiger partial charge in [0.2, 0.25) is 5.89 Å². The third-order valence-electron chi connectivity index (χ3n) is 2.45. The Bertz CT molecular complexity index is 296. The molecule has 5 heteroatoms. The Morgan fingerprint density at radius 2 is 2.29 bits per heavy atom. The van der Waals surface area contributed by atoms with Crippen molar-refractivity contribution >= 4 is 0 Å². The van der Waals surface area contributed by atoms with Crippen molar-refractivity contribution in [1.29, 1.82) is 0 Å². The van der Waals surface area contributed by atoms with E-state index >= 15 is 0 Å². The standard InChI is InChI=1S/C9H17N3O2/c1-5-7-11-8(12-14-7)9(3,10)6(2)13-4/h6H,5,10H2,1-4H3. The molecule has 80 valence electrons. The van der Waals surface area contributed by atoms with Crippen molar-refractivity contribution in [1.82, 2.24) is 10.1 Å². The van der Waals surface area contributed by atoms with Gasteiger partial charge in [-0.1, -0.05) is 12.1 Å². The Hall–Kier alpha value is -0.940. The van der Waals surface area contributed by atoms with E-state index in [1.54, 1.807) is 7.11 Å². The average molecular weight is 199 g/mol. The zero-order valence-electron chi connectivity index (χ0n) is 9.07. The summed E-state index contributed by atoms with van der Waals surface area (Å²) in [5.41, 5.74) is 5.33. The Morgan fingerprint density at radius 1 is 1.64 bits per heavy atom. The molecule has 1 rings (SSSR count). The Balaban J connectivity index is 2.91. The van der Waals surface area contributed by atoms with Crippen LogP contribution < -0.4 is 5.73 Å². The van der Waals surface area contributed by atoms with Crippen LogP contribution in [0.4, 0.5) is 0 Å². The first-order valence-corrected chi connectivity index (χ1v) is 4.67. The maximum absolute atomic E-state index is 6.05. The molecule has 0 aliphatic rings. The number of aryl methyl sites for hydroxylation is 1. The van der Waals surface area contributed by atoms with E-state index in [1.807, 2.05) is 20.8 Å². The smallest absolute Gasteiger partial charge is 0.226 e. The van der Waals surface area contributed by atoms with Crippen LogP contribution in [0.3, 0.4) is 0 Å². The molecule has 0 fully saturated rings. The highest BCUT2D eigenvalue weighted by molar-refractivity contribution is 5.04. The summed E-state index contributed by atoms with van der Waals surface area (Å²) >= 11 is 0. The topological polar surface area (TPSA) is 74.2 Å². The lowest BCUT2D eigenvalue weighted by Gasteiger charge is -2.26. The lowest BCUT2D eigenvalue weighted by atomic mass is 9.96. The zero-order chi connectivity index (χ0) is 10.8. The van der Waals surface area contributed by atoms with Crippen molar-refractivity contribution in [3.05, 3.63) is 11.7 Å². The summed E-state index contributed by atoms with van der Waals surface area (Å²) in [6.07, 6.45) is 0.551. The first-order chi connectivity index (χ1) is 6.52. The zero-order valence-corrected chi connectivity index (χ0v) is 9.07. The fraction of sp³-hybridized carbons (Fsp3) is 0.778. The van der Waals surface area contributed by atoms with Gasteiger partial charge in [-0.15, -0.1) is 0 Å². The van der Waals surface area contributed by atoms with Crippen LogP contribution in [0.25, 0.3) is 0 Å². The Morgan fingerprint density at radius 3 is 2.71 bits per heavy atom. The summed E-state index contributed by atoms with van der Waals surface area (Å²) in [5.74, 6) is 1.09. The molecular formula is C9H17N3O2. The maximum atomic E-state index is 6.05. The van der Waals surface area contributed by atoms with Crippen LogP contribution >= 0.6 is 0 Å². The fourth-order valence-corrected chi connectivity index (χ4v) is 1.04. The van der Waals surface area contributed by atoms with Crippen molar-refractivity contribution in [2.24, 2.45) is 5.73 Å². The number of hydrogen-bond acceptors (Lipinski definition) is 5. The summed E-state index contributed by atoms with van der Waals surface area (Å²) < 4.78 is 10.2. The van der Waals surface area contributed by atoms with Crippen LogP contribution in [0.5, 0.6) is 0 Å². The highest BCUT2D eigenvalue weighted by Gasteiger charge is 2.33. The molecule has 2 unspecified atom stereocenters. The summed E-state index contributed by atoms with van der Waals surface area (Å²) in [6, 6.07) is 0. The molecule has 0 radical (unpaired) electrons. The van der Waals surface area contributed by atoms with E-state index < -0.39 is 5.54 Å². The van der Waals surface area contributed by atoms with E-state index in [4.69, 9.17) is 15.0 Å². The van der Waals surface area contributed by atoms with E-state index in [0.717, 1.165) is 0 Å². The molecule has 0 aliphatic heterocycles. The van der Waals surface area contributed by atoms with E-state index in [2.05, 4.69) is 10.1 Å². The molecule has 0 aromatic carbocycles. The second-order valence-corrected chi connectivity index (χ2v) is 3.53. The second kappa shape index (κ2) is 4.06. The van der Waals surface area contributed by atoms with Crippen LogP contribution in [0, 0.1) is 0 Å². The molecule has 0 bridgehead atoms. The van der Waals surface area contributed by atoms with Crippen molar-refractivity contribution in [3.8, 4) is 0 Å². The van der Waals surface area contributed by atoms with Crippen molar-refractivity contribution < 1.29 is 9.26 Å². The lowest BCUT2D eigenvalue weighted by Crippen LogP contribution is -2.45. The first kappa shape index (κ1) is 11.1. The molecular weight excluding hydrogens is 182 g/mol. The van der Waals surface area contributed by atoms with Crippen molar-refractivity contribution in [2.75, 3.05) is 7.11 Å². The van der Waals surface area contributed by atoms with Crippen molar-refractivity contribution in [2.45, 2.75) is 38.8 Å².